The first kappa shape index (κ1) is 17.4. The van der Waals surface area contributed by atoms with Gasteiger partial charge in [0.2, 0.25) is 5.76 Å². The van der Waals surface area contributed by atoms with Crippen LogP contribution >= 0.6 is 11.3 Å². The molecule has 0 aliphatic heterocycles. The molecule has 3 aromatic heterocycles. The molecular formula is C19H14FNO5S. The first-order valence-corrected chi connectivity index (χ1v) is 8.84. The predicted molar refractivity (Wildman–Crippen MR) is 95.8 cm³/mol. The van der Waals surface area contributed by atoms with Crippen molar-refractivity contribution in [2.45, 2.75) is 13.2 Å². The van der Waals surface area contributed by atoms with E-state index in [1.165, 1.54) is 30.8 Å². The third-order valence-corrected chi connectivity index (χ3v) is 5.09. The topological polar surface area (TPSA) is 74.7 Å². The summed E-state index contributed by atoms with van der Waals surface area (Å²) < 4.78 is 35.7. The van der Waals surface area contributed by atoms with Crippen LogP contribution in [0.15, 0.2) is 51.6 Å². The lowest BCUT2D eigenvalue weighted by molar-refractivity contribution is 0.0466. The summed E-state index contributed by atoms with van der Waals surface area (Å²) in [4.78, 5) is 12.9. The number of carbonyl (C=O) groups is 1. The first-order chi connectivity index (χ1) is 13.2. The second kappa shape index (κ2) is 7.34. The van der Waals surface area contributed by atoms with Crippen molar-refractivity contribution in [1.82, 2.24) is 5.16 Å². The minimum atomic E-state index is -0.565. The van der Waals surface area contributed by atoms with Crippen LogP contribution in [0, 0.1) is 5.82 Å². The van der Waals surface area contributed by atoms with Crippen LogP contribution in [0.25, 0.3) is 21.6 Å². The van der Waals surface area contributed by atoms with Crippen LogP contribution in [0.5, 0.6) is 0 Å². The van der Waals surface area contributed by atoms with E-state index in [1.807, 2.05) is 0 Å². The number of ether oxygens (including phenoxy) is 2. The lowest BCUT2D eigenvalue weighted by Crippen LogP contribution is -2.06. The van der Waals surface area contributed by atoms with E-state index in [0.29, 0.717) is 37.7 Å². The van der Waals surface area contributed by atoms with Gasteiger partial charge < -0.3 is 18.4 Å². The average molecular weight is 387 g/mol. The smallest absolute Gasteiger partial charge is 0.349 e. The molecule has 4 rings (SSSR count). The summed E-state index contributed by atoms with van der Waals surface area (Å²) in [5.41, 5.74) is 0.923. The molecule has 0 bridgehead atoms. The van der Waals surface area contributed by atoms with Crippen molar-refractivity contribution >= 4 is 27.4 Å². The fourth-order valence-corrected chi connectivity index (χ4v) is 3.85. The van der Waals surface area contributed by atoms with Crippen molar-refractivity contribution in [2.24, 2.45) is 0 Å². The van der Waals surface area contributed by atoms with Crippen LogP contribution < -0.4 is 0 Å². The Hall–Kier alpha value is -2.97. The van der Waals surface area contributed by atoms with Crippen molar-refractivity contribution in [2.75, 3.05) is 7.11 Å². The SMILES string of the molecule is COCc1c(C(=O)OCc2cc(-c3ccco3)on2)sc2cccc(F)c12. The fourth-order valence-electron chi connectivity index (χ4n) is 2.73. The largest absolute Gasteiger partial charge is 0.461 e. The number of rotatable bonds is 6. The monoisotopic (exact) mass is 387 g/mol. The molecule has 0 radical (unpaired) electrons. The van der Waals surface area contributed by atoms with Gasteiger partial charge in [-0.05, 0) is 24.3 Å². The summed E-state index contributed by atoms with van der Waals surface area (Å²) in [7, 11) is 1.49. The molecule has 138 valence electrons. The molecule has 3 heterocycles. The van der Waals surface area contributed by atoms with Gasteiger partial charge >= 0.3 is 5.97 Å². The molecule has 8 heteroatoms. The highest BCUT2D eigenvalue weighted by Gasteiger charge is 2.22. The zero-order valence-electron chi connectivity index (χ0n) is 14.2. The highest BCUT2D eigenvalue weighted by Crippen LogP contribution is 2.34. The maximum absolute atomic E-state index is 14.2. The van der Waals surface area contributed by atoms with E-state index in [0.717, 1.165) is 0 Å². The minimum absolute atomic E-state index is 0.0772. The molecule has 0 unspecified atom stereocenters. The van der Waals surface area contributed by atoms with Crippen LogP contribution in [-0.4, -0.2) is 18.2 Å². The number of nitrogens with zero attached hydrogens (tertiary/aromatic N) is 1. The number of methoxy groups -OCH3 is 1. The molecular weight excluding hydrogens is 373 g/mol. The van der Waals surface area contributed by atoms with Gasteiger partial charge in [-0.1, -0.05) is 11.2 Å². The molecule has 1 aromatic carbocycles. The first-order valence-electron chi connectivity index (χ1n) is 8.03. The molecule has 0 spiro atoms. The van der Waals surface area contributed by atoms with Crippen molar-refractivity contribution < 1.29 is 27.6 Å². The fraction of sp³-hybridized carbons (Fsp3) is 0.158. The van der Waals surface area contributed by atoms with E-state index in [2.05, 4.69) is 5.16 Å². The van der Waals surface area contributed by atoms with Gasteiger partial charge in [0, 0.05) is 28.8 Å². The Morgan fingerprint density at radius 2 is 2.11 bits per heavy atom. The van der Waals surface area contributed by atoms with Crippen LogP contribution in [0.2, 0.25) is 0 Å². The maximum atomic E-state index is 14.2. The zero-order chi connectivity index (χ0) is 18.8. The van der Waals surface area contributed by atoms with Crippen LogP contribution in [-0.2, 0) is 22.7 Å². The predicted octanol–water partition coefficient (Wildman–Crippen LogP) is 4.79. The molecule has 27 heavy (non-hydrogen) atoms. The Bertz CT molecular complexity index is 1080. The summed E-state index contributed by atoms with van der Waals surface area (Å²) in [6, 6.07) is 9.81. The number of thiophene rings is 1. The Morgan fingerprint density at radius 1 is 1.22 bits per heavy atom. The number of fused-ring (bicyclic) bond motifs is 1. The van der Waals surface area contributed by atoms with E-state index >= 15 is 0 Å². The lowest BCUT2D eigenvalue weighted by Gasteiger charge is -2.04. The molecule has 0 fully saturated rings. The van der Waals surface area contributed by atoms with Gasteiger partial charge in [0.25, 0.3) is 0 Å². The molecule has 4 aromatic rings. The highest BCUT2D eigenvalue weighted by atomic mass is 32.1. The van der Waals surface area contributed by atoms with Gasteiger partial charge in [-0.25, -0.2) is 9.18 Å². The minimum Gasteiger partial charge on any atom is -0.461 e. The summed E-state index contributed by atoms with van der Waals surface area (Å²) >= 11 is 1.17. The molecule has 0 atom stereocenters. The lowest BCUT2D eigenvalue weighted by atomic mass is 10.1. The zero-order valence-corrected chi connectivity index (χ0v) is 15.0. The highest BCUT2D eigenvalue weighted by molar-refractivity contribution is 7.21. The van der Waals surface area contributed by atoms with Crippen molar-refractivity contribution in [3.63, 3.8) is 0 Å². The summed E-state index contributed by atoms with van der Waals surface area (Å²) in [5.74, 6) is 0.0112. The third-order valence-electron chi connectivity index (χ3n) is 3.91. The molecule has 6 nitrogen and oxygen atoms in total. The van der Waals surface area contributed by atoms with Gasteiger partial charge in [0.05, 0.1) is 12.9 Å². The Balaban J connectivity index is 1.55. The van der Waals surface area contributed by atoms with Gasteiger partial charge in [0.15, 0.2) is 5.76 Å². The second-order valence-electron chi connectivity index (χ2n) is 5.69. The molecule has 0 aliphatic carbocycles. The number of furan rings is 1. The number of hydrogen-bond acceptors (Lipinski definition) is 7. The quantitative estimate of drug-likeness (QED) is 0.443. The number of esters is 1. The standard InChI is InChI=1S/C19H14FNO5S/c1-23-10-12-17-13(20)4-2-6-16(17)27-18(12)19(22)25-9-11-8-15(26-21-11)14-5-3-7-24-14/h2-8H,9-10H2,1H3. The molecule has 0 aliphatic rings. The number of halogens is 1. The van der Waals surface area contributed by atoms with Crippen LogP contribution in [0.3, 0.4) is 0 Å². The molecule has 0 saturated carbocycles. The van der Waals surface area contributed by atoms with Gasteiger partial charge in [0.1, 0.15) is 23.0 Å². The van der Waals surface area contributed by atoms with E-state index in [-0.39, 0.29) is 13.2 Å². The average Bonchev–Trinajstić information content (AvgIpc) is 3.40. The number of hydrogen-bond donors (Lipinski definition) is 0. The second-order valence-corrected chi connectivity index (χ2v) is 6.74. The van der Waals surface area contributed by atoms with Crippen molar-refractivity contribution in [3.05, 3.63) is 64.6 Å². The van der Waals surface area contributed by atoms with Gasteiger partial charge in [-0.3, -0.25) is 0 Å². The van der Waals surface area contributed by atoms with Gasteiger partial charge in [-0.2, -0.15) is 0 Å². The summed E-state index contributed by atoms with van der Waals surface area (Å²) in [6.07, 6.45) is 1.52. The number of carbonyl (C=O) groups excluding carboxylic acids is 1. The molecule has 0 N–H and O–H groups in total. The third kappa shape index (κ3) is 3.36. The Labute approximate surface area is 157 Å². The molecule has 0 amide bonds. The van der Waals surface area contributed by atoms with Crippen molar-refractivity contribution in [3.8, 4) is 11.5 Å². The Morgan fingerprint density at radius 3 is 2.89 bits per heavy atom. The van der Waals surface area contributed by atoms with Crippen molar-refractivity contribution in [1.29, 1.82) is 0 Å². The van der Waals surface area contributed by atoms with Gasteiger partial charge in [-0.15, -0.1) is 11.3 Å². The maximum Gasteiger partial charge on any atom is 0.349 e. The van der Waals surface area contributed by atoms with E-state index < -0.39 is 11.8 Å². The summed E-state index contributed by atoms with van der Waals surface area (Å²) in [5, 5.41) is 4.25. The molecule has 0 saturated heterocycles. The number of benzene rings is 1. The number of aromatic nitrogens is 1. The summed E-state index contributed by atoms with van der Waals surface area (Å²) in [6.45, 7) is 0.0319. The normalized spacial score (nSPS) is 11.2. The van der Waals surface area contributed by atoms with Crippen LogP contribution in [0.1, 0.15) is 20.9 Å². The van der Waals surface area contributed by atoms with E-state index in [1.54, 1.807) is 30.3 Å². The Kier molecular flexibility index (Phi) is 4.74. The van der Waals surface area contributed by atoms with Crippen LogP contribution in [0.4, 0.5) is 4.39 Å². The van der Waals surface area contributed by atoms with E-state index in [9.17, 15) is 9.18 Å². The van der Waals surface area contributed by atoms with E-state index in [4.69, 9.17) is 18.4 Å².